The van der Waals surface area contributed by atoms with Crippen LogP contribution in [-0.4, -0.2) is 52.9 Å². The first-order valence-corrected chi connectivity index (χ1v) is 9.53. The maximum atomic E-state index is 12.8. The van der Waals surface area contributed by atoms with E-state index in [4.69, 9.17) is 5.26 Å². The van der Waals surface area contributed by atoms with Crippen LogP contribution in [0.2, 0.25) is 0 Å². The number of hydrogen-bond acceptors (Lipinski definition) is 4. The molecule has 1 aromatic heterocycles. The topological polar surface area (TPSA) is 60.2 Å². The summed E-state index contributed by atoms with van der Waals surface area (Å²) in [6, 6.07) is 16.1. The number of carbonyl (C=O) groups excluding carboxylic acids is 1. The first-order valence-electron chi connectivity index (χ1n) is 9.53. The van der Waals surface area contributed by atoms with Crippen LogP contribution in [0.3, 0.4) is 0 Å². The molecule has 3 heterocycles. The Morgan fingerprint density at radius 3 is 2.56 bits per heavy atom. The van der Waals surface area contributed by atoms with E-state index in [2.05, 4.69) is 47.3 Å². The van der Waals surface area contributed by atoms with E-state index >= 15 is 0 Å². The van der Waals surface area contributed by atoms with E-state index in [-0.39, 0.29) is 11.4 Å². The Morgan fingerprint density at radius 1 is 1.19 bits per heavy atom. The minimum atomic E-state index is 0.0158. The van der Waals surface area contributed by atoms with Gasteiger partial charge < -0.3 is 4.90 Å². The Bertz CT molecular complexity index is 848. The van der Waals surface area contributed by atoms with Gasteiger partial charge in [-0.2, -0.15) is 5.26 Å². The van der Waals surface area contributed by atoms with Crippen LogP contribution in [0, 0.1) is 11.3 Å². The fraction of sp³-hybridized carbons (Fsp3) is 0.409. The van der Waals surface area contributed by atoms with Crippen molar-refractivity contribution in [2.45, 2.75) is 30.7 Å². The number of likely N-dealkylation sites (N-methyl/N-ethyl adjacent to an activating group) is 1. The zero-order valence-electron chi connectivity index (χ0n) is 15.6. The minimum Gasteiger partial charge on any atom is -0.338 e. The smallest absolute Gasteiger partial charge is 0.255 e. The van der Waals surface area contributed by atoms with Gasteiger partial charge in [-0.05, 0) is 49.9 Å². The van der Waals surface area contributed by atoms with E-state index in [1.54, 1.807) is 12.1 Å². The Morgan fingerprint density at radius 2 is 1.93 bits per heavy atom. The van der Waals surface area contributed by atoms with Crippen LogP contribution in [0.5, 0.6) is 0 Å². The lowest BCUT2D eigenvalue weighted by molar-refractivity contribution is 0.0492. The van der Waals surface area contributed by atoms with Crippen molar-refractivity contribution >= 4 is 5.91 Å². The summed E-state index contributed by atoms with van der Waals surface area (Å²) in [6.07, 6.45) is 4.68. The highest BCUT2D eigenvalue weighted by Crippen LogP contribution is 2.44. The first kappa shape index (κ1) is 17.7. The van der Waals surface area contributed by atoms with Crippen LogP contribution in [0.25, 0.3) is 0 Å². The third-order valence-corrected chi connectivity index (χ3v) is 6.31. The number of likely N-dealkylation sites (tertiary alicyclic amines) is 2. The second-order valence-electron chi connectivity index (χ2n) is 7.75. The van der Waals surface area contributed by atoms with Gasteiger partial charge in [0.05, 0.1) is 5.56 Å². The molecule has 0 bridgehead atoms. The van der Waals surface area contributed by atoms with Crippen LogP contribution in [0.15, 0.2) is 48.7 Å². The summed E-state index contributed by atoms with van der Waals surface area (Å²) in [4.78, 5) is 21.2. The molecule has 27 heavy (non-hydrogen) atoms. The number of nitrogens with zero attached hydrogens (tertiary/aromatic N) is 4. The lowest BCUT2D eigenvalue weighted by atomic mass is 9.81. The zero-order valence-corrected chi connectivity index (χ0v) is 15.6. The standard InChI is InChI=1S/C22H24N4O/c1-25-16-19(17-5-3-2-4-6-17)13-22(25)9-11-26(12-10-22)21(27)18-7-8-20(14-23)24-15-18/h2-8,15,19H,9-13,16H2,1H3/t19-/m0/s1. The van der Waals surface area contributed by atoms with Crippen molar-refractivity contribution in [1.82, 2.24) is 14.8 Å². The molecular formula is C22H24N4O. The lowest BCUT2D eigenvalue weighted by Crippen LogP contribution is -2.52. The second kappa shape index (κ2) is 7.13. The van der Waals surface area contributed by atoms with E-state index < -0.39 is 0 Å². The molecular weight excluding hydrogens is 336 g/mol. The highest BCUT2D eigenvalue weighted by atomic mass is 16.2. The molecule has 0 unspecified atom stereocenters. The average molecular weight is 360 g/mol. The van der Waals surface area contributed by atoms with E-state index in [1.165, 1.54) is 11.8 Å². The zero-order chi connectivity index (χ0) is 18.9. The van der Waals surface area contributed by atoms with Crippen molar-refractivity contribution < 1.29 is 4.79 Å². The molecule has 0 aliphatic carbocycles. The number of benzene rings is 1. The fourth-order valence-electron chi connectivity index (χ4n) is 4.63. The summed E-state index contributed by atoms with van der Waals surface area (Å²) >= 11 is 0. The van der Waals surface area contributed by atoms with Crippen LogP contribution in [0.4, 0.5) is 0 Å². The van der Waals surface area contributed by atoms with E-state index in [9.17, 15) is 4.79 Å². The molecule has 5 nitrogen and oxygen atoms in total. The fourth-order valence-corrected chi connectivity index (χ4v) is 4.63. The van der Waals surface area contributed by atoms with Crippen molar-refractivity contribution in [2.24, 2.45) is 0 Å². The number of rotatable bonds is 2. The van der Waals surface area contributed by atoms with E-state index in [0.717, 1.165) is 38.9 Å². The van der Waals surface area contributed by atoms with Gasteiger partial charge in [-0.3, -0.25) is 9.69 Å². The number of carbonyl (C=O) groups is 1. The Kier molecular flexibility index (Phi) is 4.67. The third kappa shape index (κ3) is 3.33. The van der Waals surface area contributed by atoms with Gasteiger partial charge in [0.2, 0.25) is 0 Å². The predicted octanol–water partition coefficient (Wildman–Crippen LogP) is 3.05. The summed E-state index contributed by atoms with van der Waals surface area (Å²) in [5.41, 5.74) is 2.51. The van der Waals surface area contributed by atoms with Gasteiger partial charge >= 0.3 is 0 Å². The molecule has 2 fully saturated rings. The largest absolute Gasteiger partial charge is 0.338 e. The molecule has 1 aromatic carbocycles. The molecule has 2 aliphatic heterocycles. The second-order valence-corrected chi connectivity index (χ2v) is 7.75. The molecule has 1 spiro atoms. The van der Waals surface area contributed by atoms with Gasteiger partial charge in [-0.15, -0.1) is 0 Å². The van der Waals surface area contributed by atoms with Crippen molar-refractivity contribution in [3.63, 3.8) is 0 Å². The number of pyridine rings is 1. The molecule has 0 N–H and O–H groups in total. The number of nitriles is 1. The van der Waals surface area contributed by atoms with Crippen molar-refractivity contribution in [3.8, 4) is 6.07 Å². The van der Waals surface area contributed by atoms with Crippen molar-refractivity contribution in [3.05, 3.63) is 65.5 Å². The monoisotopic (exact) mass is 360 g/mol. The maximum Gasteiger partial charge on any atom is 0.255 e. The molecule has 2 saturated heterocycles. The van der Waals surface area contributed by atoms with Crippen molar-refractivity contribution in [1.29, 1.82) is 5.26 Å². The lowest BCUT2D eigenvalue weighted by Gasteiger charge is -2.43. The number of piperidine rings is 1. The van der Waals surface area contributed by atoms with E-state index in [1.807, 2.05) is 11.0 Å². The quantitative estimate of drug-likeness (QED) is 0.826. The van der Waals surface area contributed by atoms with Gasteiger partial charge in [0, 0.05) is 31.4 Å². The van der Waals surface area contributed by atoms with Gasteiger partial charge in [0.15, 0.2) is 0 Å². The molecule has 1 atom stereocenters. The van der Waals surface area contributed by atoms with Gasteiger partial charge in [0.25, 0.3) is 5.91 Å². The van der Waals surface area contributed by atoms with Gasteiger partial charge in [-0.25, -0.2) is 4.98 Å². The summed E-state index contributed by atoms with van der Waals surface area (Å²) in [5.74, 6) is 0.586. The van der Waals surface area contributed by atoms with Crippen LogP contribution < -0.4 is 0 Å². The Labute approximate surface area is 160 Å². The highest BCUT2D eigenvalue weighted by Gasteiger charge is 2.46. The predicted molar refractivity (Wildman–Crippen MR) is 103 cm³/mol. The maximum absolute atomic E-state index is 12.8. The summed E-state index contributed by atoms with van der Waals surface area (Å²) in [6.45, 7) is 2.62. The molecule has 138 valence electrons. The van der Waals surface area contributed by atoms with Crippen molar-refractivity contribution in [2.75, 3.05) is 26.7 Å². The SMILES string of the molecule is CN1C[C@@H](c2ccccc2)CC12CCN(C(=O)c1ccc(C#N)nc1)CC2. The van der Waals surface area contributed by atoms with Gasteiger partial charge in [-0.1, -0.05) is 30.3 Å². The van der Waals surface area contributed by atoms with E-state index in [0.29, 0.717) is 17.2 Å². The third-order valence-electron chi connectivity index (χ3n) is 6.31. The Balaban J connectivity index is 1.42. The molecule has 4 rings (SSSR count). The molecule has 5 heteroatoms. The molecule has 1 amide bonds. The number of amides is 1. The van der Waals surface area contributed by atoms with Crippen LogP contribution in [0.1, 0.15) is 46.8 Å². The minimum absolute atomic E-state index is 0.0158. The first-order chi connectivity index (χ1) is 13.1. The molecule has 2 aliphatic rings. The number of aromatic nitrogens is 1. The molecule has 0 radical (unpaired) electrons. The summed E-state index contributed by atoms with van der Waals surface area (Å²) in [5, 5.41) is 8.85. The van der Waals surface area contributed by atoms with Crippen LogP contribution >= 0.6 is 0 Å². The summed E-state index contributed by atoms with van der Waals surface area (Å²) in [7, 11) is 2.23. The normalized spacial score (nSPS) is 21.9. The average Bonchev–Trinajstić information content (AvgIpc) is 3.05. The Hall–Kier alpha value is -2.71. The highest BCUT2D eigenvalue weighted by molar-refractivity contribution is 5.94. The number of hydrogen-bond donors (Lipinski definition) is 0. The van der Waals surface area contributed by atoms with Gasteiger partial charge in [0.1, 0.15) is 11.8 Å². The summed E-state index contributed by atoms with van der Waals surface area (Å²) < 4.78 is 0. The molecule has 0 saturated carbocycles. The molecule has 2 aromatic rings. The van der Waals surface area contributed by atoms with Crippen LogP contribution in [-0.2, 0) is 0 Å².